The molecular formula is C17H19ClN2O. The average Bonchev–Trinajstić information content (AvgIpc) is 3.30. The number of hydrogen-bond acceptors (Lipinski definition) is 3. The molecule has 1 fully saturated rings. The number of hydrogen-bond donors (Lipinski definition) is 1. The molecule has 1 aromatic carbocycles. The third-order valence-corrected chi connectivity index (χ3v) is 3.81. The summed E-state index contributed by atoms with van der Waals surface area (Å²) in [5.74, 6) is 0.848. The minimum Gasteiger partial charge on any atom is -0.487 e. The second-order valence-corrected chi connectivity index (χ2v) is 5.95. The van der Waals surface area contributed by atoms with E-state index in [1.807, 2.05) is 37.4 Å². The highest BCUT2D eigenvalue weighted by Crippen LogP contribution is 2.22. The molecule has 3 nitrogen and oxygen atoms in total. The van der Waals surface area contributed by atoms with Crippen LogP contribution in [0.25, 0.3) is 0 Å². The second-order valence-electron chi connectivity index (χ2n) is 5.51. The molecule has 1 N–H and O–H groups in total. The summed E-state index contributed by atoms with van der Waals surface area (Å²) < 4.78 is 5.79. The van der Waals surface area contributed by atoms with Gasteiger partial charge in [-0.1, -0.05) is 17.7 Å². The van der Waals surface area contributed by atoms with Crippen LogP contribution in [0.2, 0.25) is 5.02 Å². The van der Waals surface area contributed by atoms with Crippen molar-refractivity contribution in [1.29, 1.82) is 0 Å². The third kappa shape index (κ3) is 4.19. The van der Waals surface area contributed by atoms with E-state index in [1.54, 1.807) is 0 Å². The summed E-state index contributed by atoms with van der Waals surface area (Å²) in [5, 5.41) is 4.21. The van der Waals surface area contributed by atoms with E-state index in [4.69, 9.17) is 16.3 Å². The van der Waals surface area contributed by atoms with Crippen molar-refractivity contribution >= 4 is 11.6 Å². The molecular weight excluding hydrogens is 284 g/mol. The number of nitrogens with zero attached hydrogens (tertiary/aromatic N) is 1. The van der Waals surface area contributed by atoms with Gasteiger partial charge in [0.1, 0.15) is 12.4 Å². The van der Waals surface area contributed by atoms with Gasteiger partial charge in [-0.05, 0) is 55.2 Å². The maximum atomic E-state index is 5.93. The molecule has 0 atom stereocenters. The standard InChI is InChI=1S/C17H19ClN2O/c1-12-8-14(18)3-7-17(12)21-11-16-4-2-13(10-20-16)9-19-15-5-6-15/h2-4,7-8,10,15,19H,5-6,9,11H2,1H3. The maximum absolute atomic E-state index is 5.93. The first kappa shape index (κ1) is 14.4. The molecule has 2 aromatic rings. The van der Waals surface area contributed by atoms with Crippen LogP contribution in [-0.2, 0) is 13.2 Å². The van der Waals surface area contributed by atoms with E-state index in [-0.39, 0.29) is 0 Å². The molecule has 1 aliphatic carbocycles. The van der Waals surface area contributed by atoms with Gasteiger partial charge in [-0.15, -0.1) is 0 Å². The zero-order valence-electron chi connectivity index (χ0n) is 12.1. The quantitative estimate of drug-likeness (QED) is 0.879. The Morgan fingerprint density at radius 3 is 2.81 bits per heavy atom. The zero-order valence-corrected chi connectivity index (χ0v) is 12.9. The lowest BCUT2D eigenvalue weighted by molar-refractivity contribution is 0.299. The Morgan fingerprint density at radius 2 is 2.14 bits per heavy atom. The molecule has 1 saturated carbocycles. The number of pyridine rings is 1. The monoisotopic (exact) mass is 302 g/mol. The Morgan fingerprint density at radius 1 is 1.29 bits per heavy atom. The second kappa shape index (κ2) is 6.46. The molecule has 0 unspecified atom stereocenters. The summed E-state index contributed by atoms with van der Waals surface area (Å²) in [6, 6.07) is 10.5. The van der Waals surface area contributed by atoms with Crippen molar-refractivity contribution in [1.82, 2.24) is 10.3 Å². The van der Waals surface area contributed by atoms with Crippen molar-refractivity contribution in [3.05, 3.63) is 58.4 Å². The van der Waals surface area contributed by atoms with E-state index in [0.29, 0.717) is 6.61 Å². The van der Waals surface area contributed by atoms with Crippen molar-refractivity contribution in [2.24, 2.45) is 0 Å². The minimum atomic E-state index is 0.471. The number of benzene rings is 1. The van der Waals surface area contributed by atoms with Crippen LogP contribution in [0.5, 0.6) is 5.75 Å². The van der Waals surface area contributed by atoms with Crippen LogP contribution >= 0.6 is 11.6 Å². The summed E-state index contributed by atoms with van der Waals surface area (Å²) in [4.78, 5) is 4.45. The lowest BCUT2D eigenvalue weighted by Crippen LogP contribution is -2.15. The smallest absolute Gasteiger partial charge is 0.130 e. The van der Waals surface area contributed by atoms with Gasteiger partial charge in [0.2, 0.25) is 0 Å². The normalized spacial score (nSPS) is 14.2. The Balaban J connectivity index is 1.54. The number of halogens is 1. The largest absolute Gasteiger partial charge is 0.487 e. The van der Waals surface area contributed by atoms with Crippen LogP contribution in [0.1, 0.15) is 29.7 Å². The lowest BCUT2D eigenvalue weighted by Gasteiger charge is -2.09. The topological polar surface area (TPSA) is 34.1 Å². The molecule has 4 heteroatoms. The summed E-state index contributed by atoms with van der Waals surface area (Å²) in [7, 11) is 0. The van der Waals surface area contributed by atoms with Gasteiger partial charge in [0, 0.05) is 23.8 Å². The first-order valence-electron chi connectivity index (χ1n) is 7.27. The highest BCUT2D eigenvalue weighted by atomic mass is 35.5. The van der Waals surface area contributed by atoms with Gasteiger partial charge in [-0.2, -0.15) is 0 Å². The molecule has 1 heterocycles. The number of aryl methyl sites for hydroxylation is 1. The van der Waals surface area contributed by atoms with Crippen LogP contribution in [0.3, 0.4) is 0 Å². The van der Waals surface area contributed by atoms with Crippen LogP contribution in [0.4, 0.5) is 0 Å². The van der Waals surface area contributed by atoms with E-state index in [1.165, 1.54) is 18.4 Å². The fourth-order valence-electron chi connectivity index (χ4n) is 2.12. The zero-order chi connectivity index (χ0) is 14.7. The van der Waals surface area contributed by atoms with E-state index in [2.05, 4.69) is 16.4 Å². The summed E-state index contributed by atoms with van der Waals surface area (Å²) in [6.07, 6.45) is 4.53. The molecule has 1 aliphatic rings. The van der Waals surface area contributed by atoms with Gasteiger partial charge in [0.15, 0.2) is 0 Å². The SMILES string of the molecule is Cc1cc(Cl)ccc1OCc1ccc(CNC2CC2)cn1. The van der Waals surface area contributed by atoms with E-state index in [9.17, 15) is 0 Å². The van der Waals surface area contributed by atoms with Gasteiger partial charge < -0.3 is 10.1 Å². The third-order valence-electron chi connectivity index (χ3n) is 3.57. The number of ether oxygens (including phenoxy) is 1. The van der Waals surface area contributed by atoms with Crippen LogP contribution in [0, 0.1) is 6.92 Å². The van der Waals surface area contributed by atoms with Crippen molar-refractivity contribution in [2.45, 2.75) is 39.0 Å². The minimum absolute atomic E-state index is 0.471. The van der Waals surface area contributed by atoms with Gasteiger partial charge in [-0.25, -0.2) is 0 Å². The molecule has 0 amide bonds. The highest BCUT2D eigenvalue weighted by Gasteiger charge is 2.19. The maximum Gasteiger partial charge on any atom is 0.130 e. The van der Waals surface area contributed by atoms with Crippen LogP contribution in [0.15, 0.2) is 36.5 Å². The highest BCUT2D eigenvalue weighted by molar-refractivity contribution is 6.30. The fourth-order valence-corrected chi connectivity index (χ4v) is 2.35. The predicted octanol–water partition coefficient (Wildman–Crippen LogP) is 3.87. The number of nitrogens with one attached hydrogen (secondary N) is 1. The first-order chi connectivity index (χ1) is 10.2. The van der Waals surface area contributed by atoms with Gasteiger partial charge in [0.05, 0.1) is 5.69 Å². The van der Waals surface area contributed by atoms with E-state index >= 15 is 0 Å². The molecule has 0 radical (unpaired) electrons. The average molecular weight is 303 g/mol. The molecule has 0 bridgehead atoms. The predicted molar refractivity (Wildman–Crippen MR) is 84.6 cm³/mol. The van der Waals surface area contributed by atoms with Gasteiger partial charge >= 0.3 is 0 Å². The van der Waals surface area contributed by atoms with Gasteiger partial charge in [0.25, 0.3) is 0 Å². The van der Waals surface area contributed by atoms with Crippen molar-refractivity contribution in [2.75, 3.05) is 0 Å². The lowest BCUT2D eigenvalue weighted by atomic mass is 10.2. The number of aromatic nitrogens is 1. The van der Waals surface area contributed by atoms with E-state index < -0.39 is 0 Å². The van der Waals surface area contributed by atoms with Crippen LogP contribution in [-0.4, -0.2) is 11.0 Å². The molecule has 0 spiro atoms. The molecule has 3 rings (SSSR count). The van der Waals surface area contributed by atoms with E-state index in [0.717, 1.165) is 34.6 Å². The Kier molecular flexibility index (Phi) is 4.42. The number of rotatable bonds is 6. The first-order valence-corrected chi connectivity index (χ1v) is 7.64. The van der Waals surface area contributed by atoms with Crippen molar-refractivity contribution in [3.8, 4) is 5.75 Å². The summed E-state index contributed by atoms with van der Waals surface area (Å²) in [6.45, 7) is 3.36. The molecule has 110 valence electrons. The molecule has 21 heavy (non-hydrogen) atoms. The Bertz CT molecular complexity index is 609. The Hall–Kier alpha value is -1.58. The van der Waals surface area contributed by atoms with Crippen molar-refractivity contribution in [3.63, 3.8) is 0 Å². The van der Waals surface area contributed by atoms with Gasteiger partial charge in [-0.3, -0.25) is 4.98 Å². The molecule has 0 saturated heterocycles. The molecule has 0 aliphatic heterocycles. The van der Waals surface area contributed by atoms with Crippen molar-refractivity contribution < 1.29 is 4.74 Å². The molecule has 1 aromatic heterocycles. The fraction of sp³-hybridized carbons (Fsp3) is 0.353. The van der Waals surface area contributed by atoms with Crippen LogP contribution < -0.4 is 10.1 Å². The summed E-state index contributed by atoms with van der Waals surface area (Å²) in [5.41, 5.74) is 3.18. The Labute approximate surface area is 130 Å². The summed E-state index contributed by atoms with van der Waals surface area (Å²) >= 11 is 5.93.